The number of non-ortho nitro benzene ring substituents is 1. The lowest BCUT2D eigenvalue weighted by Crippen LogP contribution is -2.24. The average Bonchev–Trinajstić information content (AvgIpc) is 2.61. The fourth-order valence-electron chi connectivity index (χ4n) is 3.18. The van der Waals surface area contributed by atoms with Crippen molar-refractivity contribution in [2.24, 2.45) is 5.41 Å². The fourth-order valence-corrected chi connectivity index (χ4v) is 3.18. The maximum absolute atomic E-state index is 12.6. The van der Waals surface area contributed by atoms with Crippen LogP contribution in [0.1, 0.15) is 25.8 Å². The van der Waals surface area contributed by atoms with E-state index in [1.54, 1.807) is 18.3 Å². The third kappa shape index (κ3) is 4.67. The molecule has 0 aliphatic heterocycles. The Kier molecular flexibility index (Phi) is 5.16. The van der Waals surface area contributed by atoms with Crippen molar-refractivity contribution in [1.82, 2.24) is 4.98 Å². The van der Waals surface area contributed by atoms with Crippen molar-refractivity contribution in [3.05, 3.63) is 76.5 Å². The minimum Gasteiger partial charge on any atom is -0.324 e. The molecule has 0 saturated heterocycles. The van der Waals surface area contributed by atoms with Gasteiger partial charge < -0.3 is 5.32 Å². The molecule has 0 unspecified atom stereocenters. The van der Waals surface area contributed by atoms with Crippen molar-refractivity contribution < 1.29 is 9.72 Å². The molecule has 1 amide bonds. The van der Waals surface area contributed by atoms with Crippen molar-refractivity contribution in [1.29, 1.82) is 0 Å². The smallest absolute Gasteiger partial charge is 0.269 e. The van der Waals surface area contributed by atoms with Gasteiger partial charge in [-0.05, 0) is 29.5 Å². The van der Waals surface area contributed by atoms with Gasteiger partial charge in [0.1, 0.15) is 0 Å². The molecule has 0 atom stereocenters. The van der Waals surface area contributed by atoms with Crippen LogP contribution >= 0.6 is 0 Å². The number of benzene rings is 2. The lowest BCUT2D eigenvalue weighted by Gasteiger charge is -2.24. The zero-order valence-corrected chi connectivity index (χ0v) is 15.3. The molecule has 0 aliphatic rings. The molecule has 1 N–H and O–H groups in total. The molecule has 1 aromatic heterocycles. The summed E-state index contributed by atoms with van der Waals surface area (Å²) in [6, 6.07) is 16.0. The monoisotopic (exact) mass is 363 g/mol. The molecule has 0 saturated carbocycles. The quantitative estimate of drug-likeness (QED) is 0.506. The number of nitro groups is 1. The van der Waals surface area contributed by atoms with Gasteiger partial charge in [0.15, 0.2) is 0 Å². The lowest BCUT2D eigenvalue weighted by molar-refractivity contribution is -0.384. The molecule has 0 spiro atoms. The van der Waals surface area contributed by atoms with Gasteiger partial charge in [-0.1, -0.05) is 44.2 Å². The second-order valence-electron chi connectivity index (χ2n) is 7.37. The largest absolute Gasteiger partial charge is 0.324 e. The lowest BCUT2D eigenvalue weighted by atomic mass is 9.82. The summed E-state index contributed by atoms with van der Waals surface area (Å²) in [4.78, 5) is 27.3. The third-order valence-corrected chi connectivity index (χ3v) is 4.38. The van der Waals surface area contributed by atoms with E-state index in [1.165, 1.54) is 12.1 Å². The number of carbonyl (C=O) groups excluding carboxylic acids is 1. The Morgan fingerprint density at radius 2 is 1.81 bits per heavy atom. The van der Waals surface area contributed by atoms with Crippen LogP contribution < -0.4 is 5.32 Å². The number of anilines is 1. The molecular formula is C21H21N3O3. The highest BCUT2D eigenvalue weighted by Gasteiger charge is 2.23. The Labute approximate surface area is 157 Å². The van der Waals surface area contributed by atoms with Crippen LogP contribution in [-0.2, 0) is 11.2 Å². The number of aromatic nitrogens is 1. The van der Waals surface area contributed by atoms with E-state index >= 15 is 0 Å². The summed E-state index contributed by atoms with van der Waals surface area (Å²) in [5.41, 5.74) is 2.20. The van der Waals surface area contributed by atoms with Crippen molar-refractivity contribution in [3.63, 3.8) is 0 Å². The first-order valence-electron chi connectivity index (χ1n) is 8.71. The Morgan fingerprint density at radius 1 is 1.11 bits per heavy atom. The zero-order chi connectivity index (χ0) is 19.4. The molecule has 0 radical (unpaired) electrons. The highest BCUT2D eigenvalue weighted by molar-refractivity contribution is 6.00. The van der Waals surface area contributed by atoms with Gasteiger partial charge in [0.2, 0.25) is 5.91 Å². The molecule has 0 fully saturated rings. The van der Waals surface area contributed by atoms with Gasteiger partial charge in [0.25, 0.3) is 5.69 Å². The van der Waals surface area contributed by atoms with Gasteiger partial charge in [-0.2, -0.15) is 0 Å². The highest BCUT2D eigenvalue weighted by atomic mass is 16.6. The molecule has 2 aromatic carbocycles. The Bertz CT molecular complexity index is 976. The van der Waals surface area contributed by atoms with Gasteiger partial charge in [-0.3, -0.25) is 19.9 Å². The van der Waals surface area contributed by atoms with E-state index in [0.717, 1.165) is 16.5 Å². The standard InChI is InChI=1S/C21H21N3O3/c1-21(2,13-15-8-10-17(11-9-15)24(26)27)14-19(25)23-18-7-3-5-16-6-4-12-22-20(16)18/h3-12H,13-14H2,1-2H3,(H,23,25). The number of hydrogen-bond donors (Lipinski definition) is 1. The topological polar surface area (TPSA) is 85.1 Å². The van der Waals surface area contributed by atoms with Crippen LogP contribution in [0.5, 0.6) is 0 Å². The molecular weight excluding hydrogens is 342 g/mol. The van der Waals surface area contributed by atoms with Crippen LogP contribution in [0.3, 0.4) is 0 Å². The van der Waals surface area contributed by atoms with Crippen LogP contribution in [0.4, 0.5) is 11.4 Å². The van der Waals surface area contributed by atoms with Gasteiger partial charge >= 0.3 is 0 Å². The number of nitro benzene ring substituents is 1. The Balaban J connectivity index is 1.67. The summed E-state index contributed by atoms with van der Waals surface area (Å²) in [6.45, 7) is 4.02. The average molecular weight is 363 g/mol. The van der Waals surface area contributed by atoms with Crippen LogP contribution in [0.15, 0.2) is 60.8 Å². The molecule has 0 bridgehead atoms. The number of carbonyl (C=O) groups is 1. The predicted molar refractivity (Wildman–Crippen MR) is 106 cm³/mol. The van der Waals surface area contributed by atoms with E-state index in [4.69, 9.17) is 0 Å². The van der Waals surface area contributed by atoms with Crippen molar-refractivity contribution in [2.75, 3.05) is 5.32 Å². The van der Waals surface area contributed by atoms with Crippen molar-refractivity contribution in [3.8, 4) is 0 Å². The summed E-state index contributed by atoms with van der Waals surface area (Å²) >= 11 is 0. The van der Waals surface area contributed by atoms with Crippen molar-refractivity contribution >= 4 is 28.2 Å². The van der Waals surface area contributed by atoms with Crippen LogP contribution in [0, 0.1) is 15.5 Å². The number of rotatable bonds is 6. The van der Waals surface area contributed by atoms with Gasteiger partial charge in [-0.15, -0.1) is 0 Å². The van der Waals surface area contributed by atoms with E-state index in [0.29, 0.717) is 18.5 Å². The summed E-state index contributed by atoms with van der Waals surface area (Å²) < 4.78 is 0. The number of hydrogen-bond acceptors (Lipinski definition) is 4. The summed E-state index contributed by atoms with van der Waals surface area (Å²) in [7, 11) is 0. The molecule has 138 valence electrons. The molecule has 3 rings (SSSR count). The first-order chi connectivity index (χ1) is 12.8. The van der Waals surface area contributed by atoms with E-state index in [-0.39, 0.29) is 17.0 Å². The Morgan fingerprint density at radius 3 is 2.52 bits per heavy atom. The number of nitrogens with one attached hydrogen (secondary N) is 1. The summed E-state index contributed by atoms with van der Waals surface area (Å²) in [5.74, 6) is -0.0833. The normalized spacial score (nSPS) is 11.3. The number of amides is 1. The summed E-state index contributed by atoms with van der Waals surface area (Å²) in [5, 5.41) is 14.7. The van der Waals surface area contributed by atoms with E-state index in [2.05, 4.69) is 10.3 Å². The molecule has 1 heterocycles. The van der Waals surface area contributed by atoms with Crippen LogP contribution in [0.2, 0.25) is 0 Å². The SMILES string of the molecule is CC(C)(CC(=O)Nc1cccc2cccnc12)Cc1ccc([N+](=O)[O-])cc1. The van der Waals surface area contributed by atoms with Gasteiger partial charge in [0, 0.05) is 30.1 Å². The van der Waals surface area contributed by atoms with Crippen LogP contribution in [-0.4, -0.2) is 15.8 Å². The summed E-state index contributed by atoms with van der Waals surface area (Å²) in [6.07, 6.45) is 2.68. The zero-order valence-electron chi connectivity index (χ0n) is 15.3. The number of fused-ring (bicyclic) bond motifs is 1. The highest BCUT2D eigenvalue weighted by Crippen LogP contribution is 2.28. The van der Waals surface area contributed by atoms with E-state index in [1.807, 2.05) is 44.2 Å². The molecule has 0 aliphatic carbocycles. The van der Waals surface area contributed by atoms with E-state index in [9.17, 15) is 14.9 Å². The molecule has 6 heteroatoms. The first kappa shape index (κ1) is 18.5. The minimum absolute atomic E-state index is 0.0674. The maximum Gasteiger partial charge on any atom is 0.269 e. The Hall–Kier alpha value is -3.28. The van der Waals surface area contributed by atoms with E-state index < -0.39 is 4.92 Å². The second kappa shape index (κ2) is 7.53. The molecule has 3 aromatic rings. The maximum atomic E-state index is 12.6. The minimum atomic E-state index is -0.416. The number of para-hydroxylation sites is 1. The fraction of sp³-hybridized carbons (Fsp3) is 0.238. The van der Waals surface area contributed by atoms with Crippen molar-refractivity contribution in [2.45, 2.75) is 26.7 Å². The third-order valence-electron chi connectivity index (χ3n) is 4.38. The van der Waals surface area contributed by atoms with Gasteiger partial charge in [-0.25, -0.2) is 0 Å². The first-order valence-corrected chi connectivity index (χ1v) is 8.71. The second-order valence-corrected chi connectivity index (χ2v) is 7.37. The molecule has 6 nitrogen and oxygen atoms in total. The number of nitrogens with zero attached hydrogens (tertiary/aromatic N) is 2. The number of pyridine rings is 1. The molecule has 27 heavy (non-hydrogen) atoms. The predicted octanol–water partition coefficient (Wildman–Crippen LogP) is 4.74. The van der Waals surface area contributed by atoms with Gasteiger partial charge in [0.05, 0.1) is 16.1 Å². The van der Waals surface area contributed by atoms with Crippen LogP contribution in [0.25, 0.3) is 10.9 Å².